The van der Waals surface area contributed by atoms with Crippen LogP contribution in [0.4, 0.5) is 0 Å². The molecule has 1 aromatic heterocycles. The highest BCUT2D eigenvalue weighted by molar-refractivity contribution is 7.71. The molecule has 9 heteroatoms. The molecule has 27 heavy (non-hydrogen) atoms. The van der Waals surface area contributed by atoms with Crippen LogP contribution in [0.1, 0.15) is 28.7 Å². The third kappa shape index (κ3) is 5.48. The van der Waals surface area contributed by atoms with Crippen molar-refractivity contribution in [2.24, 2.45) is 7.05 Å². The molecule has 0 fully saturated rings. The number of nitrogens with zero attached hydrogens (tertiary/aromatic N) is 4. The molecule has 146 valence electrons. The SMILES string of the molecule is CCOC(=O)Cc1nn(CN(C)Cc2ccc(C(=O)NC)cc2)c(=S)n1C. The maximum Gasteiger partial charge on any atom is 0.313 e. The molecule has 0 bridgehead atoms. The van der Waals surface area contributed by atoms with E-state index < -0.39 is 0 Å². The fourth-order valence-corrected chi connectivity index (χ4v) is 2.82. The predicted molar refractivity (Wildman–Crippen MR) is 104 cm³/mol. The van der Waals surface area contributed by atoms with Gasteiger partial charge in [-0.1, -0.05) is 12.1 Å². The number of carbonyl (C=O) groups excluding carboxylic acids is 2. The molecule has 1 amide bonds. The summed E-state index contributed by atoms with van der Waals surface area (Å²) in [6, 6.07) is 7.44. The number of amides is 1. The molecule has 1 N–H and O–H groups in total. The molecule has 2 rings (SSSR count). The van der Waals surface area contributed by atoms with Crippen molar-refractivity contribution in [1.82, 2.24) is 24.6 Å². The number of ether oxygens (including phenoxy) is 1. The van der Waals surface area contributed by atoms with E-state index in [9.17, 15) is 9.59 Å². The zero-order valence-electron chi connectivity index (χ0n) is 16.1. The Labute approximate surface area is 163 Å². The fourth-order valence-electron chi connectivity index (χ4n) is 2.62. The Hall–Kier alpha value is -2.52. The van der Waals surface area contributed by atoms with E-state index in [1.54, 1.807) is 42.4 Å². The number of hydrogen-bond donors (Lipinski definition) is 1. The number of rotatable bonds is 8. The molecule has 0 aliphatic carbocycles. The van der Waals surface area contributed by atoms with Crippen molar-refractivity contribution in [3.8, 4) is 0 Å². The van der Waals surface area contributed by atoms with Crippen LogP contribution in [0.2, 0.25) is 0 Å². The van der Waals surface area contributed by atoms with Crippen molar-refractivity contribution < 1.29 is 14.3 Å². The summed E-state index contributed by atoms with van der Waals surface area (Å²) in [6.45, 7) is 3.25. The summed E-state index contributed by atoms with van der Waals surface area (Å²) in [5, 5.41) is 7.04. The van der Waals surface area contributed by atoms with Crippen LogP contribution in [0, 0.1) is 4.77 Å². The zero-order chi connectivity index (χ0) is 20.0. The summed E-state index contributed by atoms with van der Waals surface area (Å²) >= 11 is 5.41. The van der Waals surface area contributed by atoms with Gasteiger partial charge < -0.3 is 14.6 Å². The number of carbonyl (C=O) groups is 2. The first-order chi connectivity index (χ1) is 12.8. The van der Waals surface area contributed by atoms with Crippen LogP contribution >= 0.6 is 12.2 Å². The number of hydrogen-bond acceptors (Lipinski definition) is 6. The molecule has 0 unspecified atom stereocenters. The Morgan fingerprint density at radius 3 is 2.56 bits per heavy atom. The second-order valence-corrected chi connectivity index (χ2v) is 6.54. The van der Waals surface area contributed by atoms with Crippen molar-refractivity contribution in [3.05, 3.63) is 46.0 Å². The highest BCUT2D eigenvalue weighted by Crippen LogP contribution is 2.09. The van der Waals surface area contributed by atoms with Crippen molar-refractivity contribution in [2.45, 2.75) is 26.6 Å². The monoisotopic (exact) mass is 391 g/mol. The van der Waals surface area contributed by atoms with Gasteiger partial charge in [-0.2, -0.15) is 5.10 Å². The van der Waals surface area contributed by atoms with E-state index >= 15 is 0 Å². The molecule has 1 aromatic carbocycles. The summed E-state index contributed by atoms with van der Waals surface area (Å²) < 4.78 is 8.91. The van der Waals surface area contributed by atoms with Crippen LogP contribution in [0.25, 0.3) is 0 Å². The quantitative estimate of drug-likeness (QED) is 0.543. The molecule has 0 spiro atoms. The lowest BCUT2D eigenvalue weighted by molar-refractivity contribution is -0.142. The Kier molecular flexibility index (Phi) is 7.26. The summed E-state index contributed by atoms with van der Waals surface area (Å²) in [5.41, 5.74) is 1.69. The van der Waals surface area contributed by atoms with Crippen LogP contribution in [0.5, 0.6) is 0 Å². The molecule has 8 nitrogen and oxygen atoms in total. The second kappa shape index (κ2) is 9.43. The van der Waals surface area contributed by atoms with Gasteiger partial charge in [0.05, 0.1) is 13.3 Å². The molecule has 0 radical (unpaired) electrons. The van der Waals surface area contributed by atoms with E-state index in [1.807, 2.05) is 24.1 Å². The molecular weight excluding hydrogens is 366 g/mol. The van der Waals surface area contributed by atoms with Crippen LogP contribution in [-0.2, 0) is 36.2 Å². The molecule has 0 saturated carbocycles. The van der Waals surface area contributed by atoms with Gasteiger partial charge in [-0.25, -0.2) is 4.68 Å². The average Bonchev–Trinajstić information content (AvgIpc) is 2.89. The van der Waals surface area contributed by atoms with E-state index in [2.05, 4.69) is 10.4 Å². The van der Waals surface area contributed by atoms with Gasteiger partial charge in [-0.3, -0.25) is 14.5 Å². The van der Waals surface area contributed by atoms with Crippen LogP contribution in [0.15, 0.2) is 24.3 Å². The van der Waals surface area contributed by atoms with Gasteiger partial charge in [-0.15, -0.1) is 0 Å². The Bertz CT molecular complexity index is 857. The standard InChI is InChI=1S/C18H25N5O3S/c1-5-26-16(24)10-15-20-23(18(27)22(15)4)12-21(3)11-13-6-8-14(9-7-13)17(25)19-2/h6-9H,5,10-12H2,1-4H3,(H,19,25). The second-order valence-electron chi connectivity index (χ2n) is 6.17. The average molecular weight is 391 g/mol. The minimum atomic E-state index is -0.322. The summed E-state index contributed by atoms with van der Waals surface area (Å²) in [6.07, 6.45) is 0.0889. The van der Waals surface area contributed by atoms with E-state index in [0.717, 1.165) is 5.56 Å². The topological polar surface area (TPSA) is 81.4 Å². The van der Waals surface area contributed by atoms with E-state index in [0.29, 0.717) is 36.0 Å². The molecule has 0 atom stereocenters. The molecule has 0 saturated heterocycles. The lowest BCUT2D eigenvalue weighted by Crippen LogP contribution is -2.23. The van der Waals surface area contributed by atoms with Gasteiger partial charge in [0.25, 0.3) is 5.91 Å². The minimum Gasteiger partial charge on any atom is -0.466 e. The smallest absolute Gasteiger partial charge is 0.313 e. The predicted octanol–water partition coefficient (Wildman–Crippen LogP) is 1.51. The van der Waals surface area contributed by atoms with Gasteiger partial charge in [0.15, 0.2) is 4.77 Å². The maximum atomic E-state index is 11.7. The summed E-state index contributed by atoms with van der Waals surface area (Å²) in [7, 11) is 5.35. The maximum absolute atomic E-state index is 11.7. The van der Waals surface area contributed by atoms with Gasteiger partial charge in [0, 0.05) is 26.2 Å². The minimum absolute atomic E-state index is 0.0889. The lowest BCUT2D eigenvalue weighted by Gasteiger charge is -2.16. The third-order valence-corrected chi connectivity index (χ3v) is 4.49. The van der Waals surface area contributed by atoms with E-state index in [1.165, 1.54) is 0 Å². The Morgan fingerprint density at radius 2 is 1.96 bits per heavy atom. The molecule has 2 aromatic rings. The summed E-state index contributed by atoms with van der Waals surface area (Å²) in [4.78, 5) is 25.3. The molecule has 0 aliphatic heterocycles. The van der Waals surface area contributed by atoms with Gasteiger partial charge in [0.2, 0.25) is 0 Å². The Balaban J connectivity index is 2.03. The number of aromatic nitrogens is 3. The van der Waals surface area contributed by atoms with Crippen LogP contribution in [-0.4, -0.2) is 51.8 Å². The molecular formula is C18H25N5O3S. The third-order valence-electron chi connectivity index (χ3n) is 4.01. The van der Waals surface area contributed by atoms with Crippen molar-refractivity contribution in [1.29, 1.82) is 0 Å². The summed E-state index contributed by atoms with van der Waals surface area (Å²) in [5.74, 6) is 0.142. The highest BCUT2D eigenvalue weighted by Gasteiger charge is 2.14. The van der Waals surface area contributed by atoms with Crippen molar-refractivity contribution >= 4 is 24.1 Å². The lowest BCUT2D eigenvalue weighted by atomic mass is 10.1. The van der Waals surface area contributed by atoms with Crippen LogP contribution < -0.4 is 5.32 Å². The number of benzene rings is 1. The molecule has 1 heterocycles. The first-order valence-electron chi connectivity index (χ1n) is 8.63. The van der Waals surface area contributed by atoms with Gasteiger partial charge in [0.1, 0.15) is 12.2 Å². The first kappa shape index (κ1) is 20.8. The van der Waals surface area contributed by atoms with E-state index in [-0.39, 0.29) is 18.3 Å². The number of esters is 1. The molecule has 0 aliphatic rings. The number of nitrogens with one attached hydrogen (secondary N) is 1. The van der Waals surface area contributed by atoms with Crippen molar-refractivity contribution in [3.63, 3.8) is 0 Å². The largest absolute Gasteiger partial charge is 0.466 e. The van der Waals surface area contributed by atoms with Crippen LogP contribution in [0.3, 0.4) is 0 Å². The van der Waals surface area contributed by atoms with Gasteiger partial charge in [-0.05, 0) is 43.9 Å². The zero-order valence-corrected chi connectivity index (χ0v) is 16.9. The van der Waals surface area contributed by atoms with E-state index in [4.69, 9.17) is 17.0 Å². The van der Waals surface area contributed by atoms with Gasteiger partial charge >= 0.3 is 5.97 Å². The fraction of sp³-hybridized carbons (Fsp3) is 0.444. The highest BCUT2D eigenvalue weighted by atomic mass is 32.1. The first-order valence-corrected chi connectivity index (χ1v) is 9.04. The Morgan fingerprint density at radius 1 is 1.30 bits per heavy atom. The normalized spacial score (nSPS) is 10.9. The van der Waals surface area contributed by atoms with Crippen molar-refractivity contribution in [2.75, 3.05) is 20.7 Å².